The average molecular weight is 436 g/mol. The van der Waals surface area contributed by atoms with Gasteiger partial charge in [0.2, 0.25) is 0 Å². The molecule has 0 amide bonds. The third-order valence-corrected chi connectivity index (χ3v) is 6.55. The lowest BCUT2D eigenvalue weighted by Gasteiger charge is -2.10. The lowest BCUT2D eigenvalue weighted by Crippen LogP contribution is -2.12. The first-order chi connectivity index (χ1) is 14.8. The topological polar surface area (TPSA) is 98.5 Å². The number of hydrogen-bond donors (Lipinski definition) is 1. The summed E-state index contributed by atoms with van der Waals surface area (Å²) < 4.78 is 33.3. The summed E-state index contributed by atoms with van der Waals surface area (Å²) in [5.41, 5.74) is 2.14. The van der Waals surface area contributed by atoms with Crippen molar-refractivity contribution in [2.24, 2.45) is 0 Å². The fourth-order valence-corrected chi connectivity index (χ4v) is 4.50. The second kappa shape index (κ2) is 8.23. The molecule has 0 radical (unpaired) electrons. The Morgan fingerprint density at radius 2 is 1.74 bits per heavy atom. The minimum atomic E-state index is -3.80. The summed E-state index contributed by atoms with van der Waals surface area (Å²) in [6.07, 6.45) is 3.47. The summed E-state index contributed by atoms with van der Waals surface area (Å²) in [5, 5.41) is 9.36. The van der Waals surface area contributed by atoms with Gasteiger partial charge >= 0.3 is 5.97 Å². The molecule has 0 bridgehead atoms. The van der Waals surface area contributed by atoms with Crippen LogP contribution < -0.4 is 4.74 Å². The molecule has 0 aliphatic heterocycles. The van der Waals surface area contributed by atoms with Crippen LogP contribution in [-0.4, -0.2) is 28.5 Å². The Morgan fingerprint density at radius 3 is 2.42 bits per heavy atom. The molecule has 0 saturated carbocycles. The maximum absolute atomic E-state index is 13.1. The van der Waals surface area contributed by atoms with Crippen molar-refractivity contribution in [1.29, 1.82) is 0 Å². The number of aryl methyl sites for hydroxylation is 2. The van der Waals surface area contributed by atoms with E-state index in [-0.39, 0.29) is 17.0 Å². The molecule has 1 N–H and O–H groups in total. The van der Waals surface area contributed by atoms with E-state index in [0.717, 1.165) is 15.1 Å². The molecule has 7 nitrogen and oxygen atoms in total. The Labute approximate surface area is 179 Å². The van der Waals surface area contributed by atoms with Gasteiger partial charge in [0.05, 0.1) is 10.3 Å². The van der Waals surface area contributed by atoms with Crippen LogP contribution in [0.1, 0.15) is 17.5 Å². The molecule has 0 aliphatic rings. The predicted molar refractivity (Wildman–Crippen MR) is 116 cm³/mol. The number of pyridine rings is 1. The van der Waals surface area contributed by atoms with Gasteiger partial charge in [-0.25, -0.2) is 17.4 Å². The monoisotopic (exact) mass is 436 g/mol. The number of fused-ring (bicyclic) bond motifs is 1. The second-order valence-corrected chi connectivity index (χ2v) is 8.93. The van der Waals surface area contributed by atoms with Crippen molar-refractivity contribution >= 4 is 27.0 Å². The number of carboxylic acids is 1. The number of aromatic nitrogens is 2. The number of rotatable bonds is 7. The van der Waals surface area contributed by atoms with E-state index in [0.29, 0.717) is 23.3 Å². The van der Waals surface area contributed by atoms with Gasteiger partial charge in [-0.3, -0.25) is 4.79 Å². The molecule has 4 aromatic rings. The molecule has 0 aliphatic carbocycles. The third-order valence-electron chi connectivity index (χ3n) is 4.87. The van der Waals surface area contributed by atoms with E-state index in [1.54, 1.807) is 48.5 Å². The van der Waals surface area contributed by atoms with Gasteiger partial charge in [-0.15, -0.1) is 0 Å². The number of hydrogen-bond acceptors (Lipinski definition) is 5. The number of carboxylic acid groups (broad SMARTS) is 1. The maximum atomic E-state index is 13.1. The lowest BCUT2D eigenvalue weighted by molar-refractivity contribution is -0.136. The summed E-state index contributed by atoms with van der Waals surface area (Å²) in [5.74, 6) is 0.187. The van der Waals surface area contributed by atoms with E-state index in [1.807, 2.05) is 19.1 Å². The third kappa shape index (κ3) is 4.29. The average Bonchev–Trinajstić information content (AvgIpc) is 3.20. The quantitative estimate of drug-likeness (QED) is 0.461. The zero-order valence-corrected chi connectivity index (χ0v) is 17.5. The lowest BCUT2D eigenvalue weighted by atomic mass is 10.1. The smallest absolute Gasteiger partial charge is 0.303 e. The highest BCUT2D eigenvalue weighted by Crippen LogP contribution is 2.31. The molecule has 2 aromatic carbocycles. The summed E-state index contributed by atoms with van der Waals surface area (Å²) in [4.78, 5) is 15.1. The molecule has 2 heterocycles. The number of ether oxygens (including phenoxy) is 1. The molecular formula is C23H20N2O5S. The van der Waals surface area contributed by atoms with Crippen molar-refractivity contribution < 1.29 is 23.1 Å². The van der Waals surface area contributed by atoms with E-state index in [9.17, 15) is 13.2 Å². The Morgan fingerprint density at radius 1 is 1.03 bits per heavy atom. The van der Waals surface area contributed by atoms with Gasteiger partial charge < -0.3 is 9.84 Å². The van der Waals surface area contributed by atoms with Crippen molar-refractivity contribution in [2.75, 3.05) is 0 Å². The number of carbonyl (C=O) groups is 1. The summed E-state index contributed by atoms with van der Waals surface area (Å²) in [7, 11) is -3.80. The molecule has 0 unspecified atom stereocenters. The number of nitrogens with zero attached hydrogens (tertiary/aromatic N) is 2. The summed E-state index contributed by atoms with van der Waals surface area (Å²) in [6.45, 7) is 1.89. The number of aliphatic carboxylic acids is 1. The van der Waals surface area contributed by atoms with Crippen LogP contribution >= 0.6 is 0 Å². The number of benzene rings is 2. The van der Waals surface area contributed by atoms with Crippen molar-refractivity contribution in [3.05, 3.63) is 84.2 Å². The molecule has 0 fully saturated rings. The molecule has 0 spiro atoms. The first-order valence-corrected chi connectivity index (χ1v) is 11.1. The molecule has 4 rings (SSSR count). The van der Waals surface area contributed by atoms with Crippen molar-refractivity contribution in [3.63, 3.8) is 0 Å². The second-order valence-electron chi connectivity index (χ2n) is 7.12. The molecule has 8 heteroatoms. The highest BCUT2D eigenvalue weighted by atomic mass is 32.2. The fourth-order valence-electron chi connectivity index (χ4n) is 3.20. The van der Waals surface area contributed by atoms with E-state index < -0.39 is 16.0 Å². The summed E-state index contributed by atoms with van der Waals surface area (Å²) in [6, 6.07) is 17.1. The predicted octanol–water partition coefficient (Wildman–Crippen LogP) is 4.39. The van der Waals surface area contributed by atoms with Crippen molar-refractivity contribution in [2.45, 2.75) is 24.7 Å². The van der Waals surface area contributed by atoms with Crippen molar-refractivity contribution in [1.82, 2.24) is 8.96 Å². The molecule has 158 valence electrons. The Balaban J connectivity index is 1.63. The highest BCUT2D eigenvalue weighted by molar-refractivity contribution is 7.90. The molecule has 0 saturated heterocycles. The Kier molecular flexibility index (Phi) is 5.48. The summed E-state index contributed by atoms with van der Waals surface area (Å²) >= 11 is 0. The van der Waals surface area contributed by atoms with Crippen LogP contribution in [0.2, 0.25) is 0 Å². The fraction of sp³-hybridized carbons (Fsp3) is 0.130. The van der Waals surface area contributed by atoms with E-state index in [4.69, 9.17) is 9.84 Å². The van der Waals surface area contributed by atoms with E-state index in [2.05, 4.69) is 4.98 Å². The molecule has 0 atom stereocenters. The Hall–Kier alpha value is -3.65. The van der Waals surface area contributed by atoms with Gasteiger partial charge in [0, 0.05) is 18.8 Å². The van der Waals surface area contributed by atoms with Crippen LogP contribution in [-0.2, 0) is 21.2 Å². The zero-order valence-electron chi connectivity index (χ0n) is 16.7. The van der Waals surface area contributed by atoms with Crippen LogP contribution in [0.5, 0.6) is 11.5 Å². The zero-order chi connectivity index (χ0) is 22.0. The van der Waals surface area contributed by atoms with Gasteiger partial charge in [0.1, 0.15) is 11.5 Å². The molecular weight excluding hydrogens is 416 g/mol. The SMILES string of the molecule is Cc1ccc(S(=O)(=O)n2ccc3c(Oc4ccc(CCC(=O)O)cc4)ccnc32)cc1. The molecule has 2 aromatic heterocycles. The van der Waals surface area contributed by atoms with E-state index in [1.165, 1.54) is 12.4 Å². The van der Waals surface area contributed by atoms with Gasteiger partial charge in [0.25, 0.3) is 10.0 Å². The standard InChI is InChI=1S/C23H20N2O5S/c1-16-2-9-19(10-3-16)31(28,29)25-15-13-20-21(12-14-24-23(20)25)30-18-7-4-17(5-8-18)6-11-22(26)27/h2-5,7-10,12-15H,6,11H2,1H3,(H,26,27). The van der Waals surface area contributed by atoms with Crippen LogP contribution in [0.3, 0.4) is 0 Å². The minimum Gasteiger partial charge on any atom is -0.481 e. The Bertz CT molecular complexity index is 1340. The minimum absolute atomic E-state index is 0.0636. The normalized spacial score (nSPS) is 11.5. The van der Waals surface area contributed by atoms with Crippen molar-refractivity contribution in [3.8, 4) is 11.5 Å². The van der Waals surface area contributed by atoms with E-state index >= 15 is 0 Å². The van der Waals surface area contributed by atoms with Crippen LogP contribution in [0.15, 0.2) is 78.0 Å². The first kappa shape index (κ1) is 20.6. The van der Waals surface area contributed by atoms with Gasteiger partial charge in [-0.1, -0.05) is 29.8 Å². The van der Waals surface area contributed by atoms with Crippen LogP contribution in [0.25, 0.3) is 11.0 Å². The van der Waals surface area contributed by atoms with Gasteiger partial charge in [0.15, 0.2) is 5.65 Å². The highest BCUT2D eigenvalue weighted by Gasteiger charge is 2.21. The first-order valence-electron chi connectivity index (χ1n) is 9.61. The van der Waals surface area contributed by atoms with Gasteiger partial charge in [-0.2, -0.15) is 0 Å². The van der Waals surface area contributed by atoms with Crippen LogP contribution in [0, 0.1) is 6.92 Å². The largest absolute Gasteiger partial charge is 0.481 e. The maximum Gasteiger partial charge on any atom is 0.303 e. The molecule has 31 heavy (non-hydrogen) atoms. The van der Waals surface area contributed by atoms with Crippen LogP contribution in [0.4, 0.5) is 0 Å². The van der Waals surface area contributed by atoms with Gasteiger partial charge in [-0.05, 0) is 55.3 Å².